The Bertz CT molecular complexity index is 1950. The first-order chi connectivity index (χ1) is 20.5. The molecule has 0 saturated heterocycles. The summed E-state index contributed by atoms with van der Waals surface area (Å²) in [4.78, 5) is 9.07. The molecule has 5 aromatic carbocycles. The van der Waals surface area contributed by atoms with Crippen molar-refractivity contribution in [2.75, 3.05) is 0 Å². The van der Waals surface area contributed by atoms with Crippen molar-refractivity contribution >= 4 is 21.5 Å². The third kappa shape index (κ3) is 7.46. The summed E-state index contributed by atoms with van der Waals surface area (Å²) in [5.41, 5.74) is 7.97. The Kier molecular flexibility index (Phi) is 11.1. The minimum Gasteiger partial charge on any atom is -0.304 e. The molecule has 0 N–H and O–H groups in total. The van der Waals surface area contributed by atoms with Crippen molar-refractivity contribution in [3.63, 3.8) is 0 Å². The molecular weight excluding hydrogens is 893 g/mol. The zero-order chi connectivity index (χ0) is 28.9. The van der Waals surface area contributed by atoms with Crippen molar-refractivity contribution in [2.24, 2.45) is 0 Å². The van der Waals surface area contributed by atoms with E-state index in [1.165, 1.54) is 32.8 Å². The van der Waals surface area contributed by atoms with E-state index in [4.69, 9.17) is 0 Å². The maximum atomic E-state index is 4.63. The largest absolute Gasteiger partial charge is 0.304 e. The van der Waals surface area contributed by atoms with Gasteiger partial charge >= 0.3 is 0 Å². The van der Waals surface area contributed by atoms with Crippen LogP contribution in [-0.2, 0) is 45.6 Å². The molecule has 0 aliphatic heterocycles. The number of rotatable bonds is 3. The second-order valence-corrected chi connectivity index (χ2v) is 11.4. The van der Waals surface area contributed by atoms with Gasteiger partial charge in [-0.15, -0.1) is 71.3 Å². The Labute approximate surface area is 287 Å². The van der Waals surface area contributed by atoms with Gasteiger partial charge in [-0.2, -0.15) is 0 Å². The quantitative estimate of drug-likeness (QED) is 0.165. The molecule has 222 valence electrons. The van der Waals surface area contributed by atoms with E-state index in [2.05, 4.69) is 116 Å². The molecule has 44 heavy (non-hydrogen) atoms. The van der Waals surface area contributed by atoms with Crippen LogP contribution in [0.3, 0.4) is 0 Å². The van der Waals surface area contributed by atoms with Crippen molar-refractivity contribution in [3.8, 4) is 33.6 Å². The summed E-state index contributed by atoms with van der Waals surface area (Å²) >= 11 is 0. The van der Waals surface area contributed by atoms with Gasteiger partial charge in [0.05, 0.1) is 0 Å². The molecular formula is C40H32Ir2N2-2. The summed E-state index contributed by atoms with van der Waals surface area (Å²) in [5, 5.41) is 4.74. The third-order valence-corrected chi connectivity index (χ3v) is 7.45. The molecule has 2 nitrogen and oxygen atoms in total. The Morgan fingerprint density at radius 2 is 1.05 bits per heavy atom. The van der Waals surface area contributed by atoms with E-state index in [1.807, 2.05) is 67.0 Å². The van der Waals surface area contributed by atoms with Gasteiger partial charge in [0.2, 0.25) is 0 Å². The number of nitrogens with zero attached hydrogens (tertiary/aromatic N) is 2. The van der Waals surface area contributed by atoms with Gasteiger partial charge in [0, 0.05) is 52.6 Å². The fourth-order valence-corrected chi connectivity index (χ4v) is 5.15. The number of benzene rings is 5. The van der Waals surface area contributed by atoms with Crippen molar-refractivity contribution in [1.29, 1.82) is 0 Å². The van der Waals surface area contributed by atoms with Crippen LogP contribution in [0.4, 0.5) is 0 Å². The smallest absolute Gasteiger partial charge is 0.0167 e. The van der Waals surface area contributed by atoms with Gasteiger partial charge in [-0.3, -0.25) is 0 Å². The molecule has 0 aliphatic carbocycles. The van der Waals surface area contributed by atoms with Crippen LogP contribution in [0.15, 0.2) is 140 Å². The van der Waals surface area contributed by atoms with Crippen LogP contribution in [0.2, 0.25) is 0 Å². The maximum absolute atomic E-state index is 4.63. The van der Waals surface area contributed by atoms with E-state index in [9.17, 15) is 0 Å². The minimum absolute atomic E-state index is 0. The van der Waals surface area contributed by atoms with E-state index in [0.29, 0.717) is 0 Å². The average molecular weight is 925 g/mol. The van der Waals surface area contributed by atoms with E-state index >= 15 is 0 Å². The number of aromatic nitrogens is 2. The van der Waals surface area contributed by atoms with E-state index in [1.54, 1.807) is 0 Å². The average Bonchev–Trinajstić information content (AvgIpc) is 3.05. The van der Waals surface area contributed by atoms with Crippen LogP contribution >= 0.6 is 0 Å². The van der Waals surface area contributed by atoms with Crippen LogP contribution in [0.1, 0.15) is 26.3 Å². The monoisotopic (exact) mass is 926 g/mol. The molecule has 0 fully saturated rings. The molecule has 0 bridgehead atoms. The zero-order valence-corrected chi connectivity index (χ0v) is 29.6. The third-order valence-electron chi connectivity index (χ3n) is 7.45. The number of hydrogen-bond acceptors (Lipinski definition) is 2. The van der Waals surface area contributed by atoms with Gasteiger partial charge in [0.1, 0.15) is 0 Å². The molecule has 0 unspecified atom stereocenters. The Balaban J connectivity index is 0.000000212. The molecule has 2 heterocycles. The van der Waals surface area contributed by atoms with Gasteiger partial charge < -0.3 is 9.97 Å². The van der Waals surface area contributed by atoms with Gasteiger partial charge in [-0.05, 0) is 61.6 Å². The van der Waals surface area contributed by atoms with Gasteiger partial charge in [0.25, 0.3) is 0 Å². The van der Waals surface area contributed by atoms with Gasteiger partial charge in [-0.25, -0.2) is 0 Å². The van der Waals surface area contributed by atoms with Crippen LogP contribution in [-0.4, -0.2) is 9.97 Å². The molecule has 0 atom stereocenters. The first-order valence-corrected chi connectivity index (χ1v) is 14.2. The van der Waals surface area contributed by atoms with Gasteiger partial charge in [-0.1, -0.05) is 93.6 Å². The summed E-state index contributed by atoms with van der Waals surface area (Å²) in [6.07, 6.45) is 3.72. The first kappa shape index (κ1) is 33.1. The first-order valence-electron chi connectivity index (χ1n) is 14.2. The molecule has 0 aliphatic rings. The minimum atomic E-state index is 0. The summed E-state index contributed by atoms with van der Waals surface area (Å²) in [6.45, 7) is 6.72. The van der Waals surface area contributed by atoms with Gasteiger partial charge in [0.15, 0.2) is 0 Å². The second-order valence-electron chi connectivity index (χ2n) is 11.4. The zero-order valence-electron chi connectivity index (χ0n) is 24.8. The Morgan fingerprint density at radius 3 is 1.61 bits per heavy atom. The molecule has 4 heteroatoms. The maximum Gasteiger partial charge on any atom is 0.0167 e. The summed E-state index contributed by atoms with van der Waals surface area (Å²) < 4.78 is 0. The predicted molar refractivity (Wildman–Crippen MR) is 176 cm³/mol. The van der Waals surface area contributed by atoms with E-state index in [0.717, 1.165) is 27.9 Å². The number of hydrogen-bond donors (Lipinski definition) is 0. The standard InChI is InChI=1S/C25H22N.C15H10N.2Ir/c1-25(2,3)22-13-11-18(12-14-22)20-8-6-9-21(17-20)24-23-10-5-4-7-19(23)15-16-26-24;1-2-7-13(8-3-1)15-14-9-5-4-6-12(14)10-11-16-15;;/h4-8,10-17H,1-3H3;1-7,9-11H;;/q2*-1;;. The van der Waals surface area contributed by atoms with Crippen molar-refractivity contribution < 1.29 is 40.2 Å². The van der Waals surface area contributed by atoms with Crippen LogP contribution in [0.25, 0.3) is 55.2 Å². The number of fused-ring (bicyclic) bond motifs is 2. The molecule has 2 radical (unpaired) electrons. The van der Waals surface area contributed by atoms with Crippen LogP contribution in [0.5, 0.6) is 0 Å². The molecule has 7 aromatic rings. The molecule has 2 aromatic heterocycles. The second kappa shape index (κ2) is 14.8. The Hall–Kier alpha value is -3.78. The fraction of sp³-hybridized carbons (Fsp3) is 0.100. The van der Waals surface area contributed by atoms with E-state index in [-0.39, 0.29) is 45.6 Å². The molecule has 0 saturated carbocycles. The van der Waals surface area contributed by atoms with Crippen LogP contribution < -0.4 is 0 Å². The van der Waals surface area contributed by atoms with E-state index < -0.39 is 0 Å². The van der Waals surface area contributed by atoms with Crippen LogP contribution in [0, 0.1) is 12.1 Å². The predicted octanol–water partition coefficient (Wildman–Crippen LogP) is 10.4. The summed E-state index contributed by atoms with van der Waals surface area (Å²) in [7, 11) is 0. The normalized spacial score (nSPS) is 10.7. The molecule has 0 amide bonds. The fourth-order valence-electron chi connectivity index (χ4n) is 5.15. The van der Waals surface area contributed by atoms with Crippen molar-refractivity contribution in [3.05, 3.63) is 157 Å². The Morgan fingerprint density at radius 1 is 0.500 bits per heavy atom. The van der Waals surface area contributed by atoms with Crippen molar-refractivity contribution in [1.82, 2.24) is 9.97 Å². The number of pyridine rings is 2. The summed E-state index contributed by atoms with van der Waals surface area (Å²) in [6, 6.07) is 50.4. The molecule has 7 rings (SSSR count). The summed E-state index contributed by atoms with van der Waals surface area (Å²) in [5.74, 6) is 0. The van der Waals surface area contributed by atoms with Crippen molar-refractivity contribution in [2.45, 2.75) is 26.2 Å². The SMILES string of the molecule is CC(C)(C)c1ccc(-c2cc[c-]c(-c3nccc4ccccc34)c2)cc1.[Ir].[Ir].[c-]1ccccc1-c1nccc2ccccc12. The topological polar surface area (TPSA) is 25.8 Å². The molecule has 0 spiro atoms.